The molecule has 7 nitrogen and oxygen atoms in total. The molecule has 0 fully saturated rings. The molecule has 24 heavy (non-hydrogen) atoms. The summed E-state index contributed by atoms with van der Waals surface area (Å²) in [7, 11) is 1.83. The lowest BCUT2D eigenvalue weighted by Gasteiger charge is -2.25. The van der Waals surface area contributed by atoms with E-state index >= 15 is 0 Å². The number of hydrogen-bond donors (Lipinski definition) is 1. The molecule has 0 bridgehead atoms. The van der Waals surface area contributed by atoms with Gasteiger partial charge in [0.2, 0.25) is 0 Å². The van der Waals surface area contributed by atoms with Crippen molar-refractivity contribution in [2.45, 2.75) is 52.4 Å². The minimum absolute atomic E-state index is 0.0313. The first-order valence-electron chi connectivity index (χ1n) is 8.43. The number of rotatable bonds is 5. The normalized spacial score (nSPS) is 20.0. The fraction of sp³-hybridized carbons (Fsp3) is 0.588. The largest absolute Gasteiger partial charge is 0.369 e. The van der Waals surface area contributed by atoms with Crippen molar-refractivity contribution in [2.24, 2.45) is 0 Å². The average molecular weight is 331 g/mol. The molecule has 2 aromatic heterocycles. The fourth-order valence-electron chi connectivity index (χ4n) is 3.25. The highest BCUT2D eigenvalue weighted by Gasteiger charge is 2.30. The Morgan fingerprint density at radius 2 is 2.29 bits per heavy atom. The van der Waals surface area contributed by atoms with Gasteiger partial charge in [0.05, 0.1) is 17.9 Å². The Morgan fingerprint density at radius 3 is 3.00 bits per heavy atom. The number of aromatic amines is 1. The van der Waals surface area contributed by atoms with E-state index in [9.17, 15) is 4.79 Å². The van der Waals surface area contributed by atoms with Crippen LogP contribution in [0.3, 0.4) is 0 Å². The third-order valence-corrected chi connectivity index (χ3v) is 4.60. The van der Waals surface area contributed by atoms with Gasteiger partial charge in [-0.15, -0.1) is 0 Å². The molecule has 3 heterocycles. The lowest BCUT2D eigenvalue weighted by molar-refractivity contribution is -0.00701. The molecule has 0 aromatic carbocycles. The van der Waals surface area contributed by atoms with Gasteiger partial charge in [-0.3, -0.25) is 9.89 Å². The van der Waals surface area contributed by atoms with Gasteiger partial charge in [-0.25, -0.2) is 4.98 Å². The van der Waals surface area contributed by atoms with Gasteiger partial charge in [0, 0.05) is 44.5 Å². The van der Waals surface area contributed by atoms with Crippen molar-refractivity contribution in [3.63, 3.8) is 0 Å². The summed E-state index contributed by atoms with van der Waals surface area (Å²) < 4.78 is 7.87. The van der Waals surface area contributed by atoms with E-state index < -0.39 is 0 Å². The Hall–Kier alpha value is -2.15. The van der Waals surface area contributed by atoms with E-state index in [4.69, 9.17) is 4.74 Å². The SMILES string of the molecule is Cc1nccn1CCCN(C)C(=O)c1n[nH]c2c1C[C@@H](C)O[C@H]2C. The molecule has 2 aromatic rings. The van der Waals surface area contributed by atoms with Gasteiger partial charge in [-0.05, 0) is 27.2 Å². The smallest absolute Gasteiger partial charge is 0.274 e. The number of hydrogen-bond acceptors (Lipinski definition) is 4. The maximum atomic E-state index is 12.7. The summed E-state index contributed by atoms with van der Waals surface area (Å²) in [5, 5.41) is 7.25. The standard InChI is InChI=1S/C17H25N5O2/c1-11-10-14-15(12(2)24-11)19-20-16(14)17(23)21(4)7-5-8-22-9-6-18-13(22)3/h6,9,11-12H,5,7-8,10H2,1-4H3,(H,19,20)/t11-,12+/m1/s1. The Morgan fingerprint density at radius 1 is 1.50 bits per heavy atom. The molecular weight excluding hydrogens is 306 g/mol. The zero-order valence-corrected chi connectivity index (χ0v) is 14.7. The first kappa shape index (κ1) is 16.7. The summed E-state index contributed by atoms with van der Waals surface area (Å²) >= 11 is 0. The first-order chi connectivity index (χ1) is 11.5. The average Bonchev–Trinajstić information content (AvgIpc) is 3.13. The van der Waals surface area contributed by atoms with Crippen molar-refractivity contribution in [2.75, 3.05) is 13.6 Å². The van der Waals surface area contributed by atoms with Crippen molar-refractivity contribution in [3.8, 4) is 0 Å². The van der Waals surface area contributed by atoms with Crippen LogP contribution in [0.25, 0.3) is 0 Å². The predicted molar refractivity (Wildman–Crippen MR) is 89.8 cm³/mol. The number of amides is 1. The lowest BCUT2D eigenvalue weighted by atomic mass is 9.99. The zero-order valence-electron chi connectivity index (χ0n) is 14.7. The summed E-state index contributed by atoms with van der Waals surface area (Å²) in [6.07, 6.45) is 5.41. The Bertz CT molecular complexity index is 720. The van der Waals surface area contributed by atoms with E-state index in [1.54, 1.807) is 11.1 Å². The molecule has 7 heteroatoms. The van der Waals surface area contributed by atoms with E-state index in [-0.39, 0.29) is 18.1 Å². The zero-order chi connectivity index (χ0) is 17.3. The highest BCUT2D eigenvalue weighted by atomic mass is 16.5. The third-order valence-electron chi connectivity index (χ3n) is 4.60. The van der Waals surface area contributed by atoms with Crippen LogP contribution < -0.4 is 0 Å². The van der Waals surface area contributed by atoms with Crippen LogP contribution in [0.4, 0.5) is 0 Å². The second kappa shape index (κ2) is 6.76. The summed E-state index contributed by atoms with van der Waals surface area (Å²) in [6, 6.07) is 0. The van der Waals surface area contributed by atoms with Gasteiger partial charge in [0.25, 0.3) is 5.91 Å². The molecule has 1 aliphatic heterocycles. The van der Waals surface area contributed by atoms with Crippen molar-refractivity contribution in [1.29, 1.82) is 0 Å². The van der Waals surface area contributed by atoms with Gasteiger partial charge < -0.3 is 14.2 Å². The molecule has 0 unspecified atom stereocenters. The third kappa shape index (κ3) is 3.21. The van der Waals surface area contributed by atoms with E-state index in [1.165, 1.54) is 0 Å². The molecule has 3 rings (SSSR count). The molecule has 130 valence electrons. The molecule has 0 saturated carbocycles. The number of aromatic nitrogens is 4. The maximum absolute atomic E-state index is 12.7. The number of aryl methyl sites for hydroxylation is 2. The van der Waals surface area contributed by atoms with E-state index in [2.05, 4.69) is 19.7 Å². The predicted octanol–water partition coefficient (Wildman–Crippen LogP) is 2.10. The molecular formula is C17H25N5O2. The number of carbonyl (C=O) groups is 1. The molecule has 0 radical (unpaired) electrons. The summed E-state index contributed by atoms with van der Waals surface area (Å²) in [5.41, 5.74) is 2.47. The first-order valence-corrected chi connectivity index (χ1v) is 8.43. The highest BCUT2D eigenvalue weighted by Crippen LogP contribution is 2.30. The topological polar surface area (TPSA) is 76.0 Å². The van der Waals surface area contributed by atoms with Crippen LogP contribution in [0.15, 0.2) is 12.4 Å². The number of fused-ring (bicyclic) bond motifs is 1. The van der Waals surface area contributed by atoms with Crippen LogP contribution >= 0.6 is 0 Å². The number of nitrogens with one attached hydrogen (secondary N) is 1. The van der Waals surface area contributed by atoms with Crippen molar-refractivity contribution in [3.05, 3.63) is 35.2 Å². The molecule has 1 amide bonds. The van der Waals surface area contributed by atoms with E-state index in [1.807, 2.05) is 34.0 Å². The fourth-order valence-corrected chi connectivity index (χ4v) is 3.25. The number of carbonyl (C=O) groups excluding carboxylic acids is 1. The summed E-state index contributed by atoms with van der Waals surface area (Å²) in [6.45, 7) is 7.52. The van der Waals surface area contributed by atoms with Crippen molar-refractivity contribution in [1.82, 2.24) is 24.6 Å². The number of H-pyrrole nitrogens is 1. The molecule has 1 N–H and O–H groups in total. The van der Waals surface area contributed by atoms with Crippen molar-refractivity contribution < 1.29 is 9.53 Å². The second-order valence-electron chi connectivity index (χ2n) is 6.51. The number of ether oxygens (including phenoxy) is 1. The molecule has 1 aliphatic rings. The van der Waals surface area contributed by atoms with Crippen LogP contribution in [0.2, 0.25) is 0 Å². The minimum atomic E-state index is -0.0488. The van der Waals surface area contributed by atoms with E-state index in [0.717, 1.165) is 36.5 Å². The van der Waals surface area contributed by atoms with Gasteiger partial charge in [0.15, 0.2) is 5.69 Å². The van der Waals surface area contributed by atoms with Crippen LogP contribution in [0.5, 0.6) is 0 Å². The van der Waals surface area contributed by atoms with Crippen LogP contribution in [-0.4, -0.2) is 50.3 Å². The maximum Gasteiger partial charge on any atom is 0.274 e. The van der Waals surface area contributed by atoms with Gasteiger partial charge in [-0.1, -0.05) is 0 Å². The van der Waals surface area contributed by atoms with Gasteiger partial charge in [-0.2, -0.15) is 5.10 Å². The quantitative estimate of drug-likeness (QED) is 0.910. The summed E-state index contributed by atoms with van der Waals surface area (Å²) in [5.74, 6) is 0.962. The number of nitrogens with zero attached hydrogens (tertiary/aromatic N) is 4. The van der Waals surface area contributed by atoms with Crippen LogP contribution in [-0.2, 0) is 17.7 Å². The Balaban J connectivity index is 1.63. The van der Waals surface area contributed by atoms with Gasteiger partial charge >= 0.3 is 0 Å². The lowest BCUT2D eigenvalue weighted by Crippen LogP contribution is -2.31. The molecule has 0 aliphatic carbocycles. The highest BCUT2D eigenvalue weighted by molar-refractivity contribution is 5.94. The van der Waals surface area contributed by atoms with Crippen LogP contribution in [0.1, 0.15) is 53.9 Å². The monoisotopic (exact) mass is 331 g/mol. The second-order valence-corrected chi connectivity index (χ2v) is 6.51. The Labute approximate surface area is 142 Å². The summed E-state index contributed by atoms with van der Waals surface area (Å²) in [4.78, 5) is 18.7. The van der Waals surface area contributed by atoms with E-state index in [0.29, 0.717) is 12.2 Å². The Kier molecular flexibility index (Phi) is 4.71. The number of imidazole rings is 1. The minimum Gasteiger partial charge on any atom is -0.369 e. The molecule has 0 saturated heterocycles. The molecule has 0 spiro atoms. The van der Waals surface area contributed by atoms with Crippen LogP contribution in [0, 0.1) is 6.92 Å². The van der Waals surface area contributed by atoms with Crippen molar-refractivity contribution >= 4 is 5.91 Å². The van der Waals surface area contributed by atoms with Gasteiger partial charge in [0.1, 0.15) is 5.82 Å². The molecule has 2 atom stereocenters.